The van der Waals surface area contributed by atoms with Gasteiger partial charge in [0.05, 0.1) is 0 Å². The summed E-state index contributed by atoms with van der Waals surface area (Å²) in [4.78, 5) is 11.2. The number of nitrogens with one attached hydrogen (secondary N) is 1. The SMILES string of the molecule is CC(C)CCNCc1ccc(Oc2ccc(C(N)=O)cc2F)c2ccccc12. The fourth-order valence-electron chi connectivity index (χ4n) is 3.05. The van der Waals surface area contributed by atoms with Gasteiger partial charge in [0.25, 0.3) is 0 Å². The number of rotatable bonds is 8. The number of carbonyl (C=O) groups is 1. The highest BCUT2D eigenvalue weighted by molar-refractivity contribution is 5.93. The van der Waals surface area contributed by atoms with Gasteiger partial charge in [0.2, 0.25) is 5.91 Å². The highest BCUT2D eigenvalue weighted by Gasteiger charge is 2.12. The lowest BCUT2D eigenvalue weighted by Gasteiger charge is -2.14. The minimum atomic E-state index is -0.676. The summed E-state index contributed by atoms with van der Waals surface area (Å²) >= 11 is 0. The van der Waals surface area contributed by atoms with Crippen molar-refractivity contribution < 1.29 is 13.9 Å². The molecule has 0 unspecified atom stereocenters. The molecule has 0 spiro atoms. The second kappa shape index (κ2) is 8.85. The molecule has 3 rings (SSSR count). The monoisotopic (exact) mass is 380 g/mol. The Hall–Kier alpha value is -2.92. The van der Waals surface area contributed by atoms with E-state index < -0.39 is 11.7 Å². The van der Waals surface area contributed by atoms with Crippen molar-refractivity contribution in [3.8, 4) is 11.5 Å². The highest BCUT2D eigenvalue weighted by atomic mass is 19.1. The molecule has 3 aromatic carbocycles. The lowest BCUT2D eigenvalue weighted by atomic mass is 10.0. The Morgan fingerprint density at radius 3 is 2.46 bits per heavy atom. The number of hydrogen-bond donors (Lipinski definition) is 2. The van der Waals surface area contributed by atoms with Gasteiger partial charge in [-0.15, -0.1) is 0 Å². The molecular formula is C23H25FN2O2. The lowest BCUT2D eigenvalue weighted by Crippen LogP contribution is -2.16. The number of halogens is 1. The normalized spacial score (nSPS) is 11.1. The van der Waals surface area contributed by atoms with Crippen LogP contribution in [0.2, 0.25) is 0 Å². The van der Waals surface area contributed by atoms with E-state index >= 15 is 0 Å². The maximum absolute atomic E-state index is 14.3. The Kier molecular flexibility index (Phi) is 6.26. The molecule has 3 N–H and O–H groups in total. The van der Waals surface area contributed by atoms with Gasteiger partial charge in [-0.1, -0.05) is 44.2 Å². The fraction of sp³-hybridized carbons (Fsp3) is 0.261. The first-order valence-electron chi connectivity index (χ1n) is 9.44. The first kappa shape index (κ1) is 19.8. The van der Waals surface area contributed by atoms with Gasteiger partial charge < -0.3 is 15.8 Å². The summed E-state index contributed by atoms with van der Waals surface area (Å²) in [5.41, 5.74) is 6.46. The molecule has 0 atom stereocenters. The van der Waals surface area contributed by atoms with E-state index in [0.29, 0.717) is 11.7 Å². The van der Waals surface area contributed by atoms with E-state index in [0.717, 1.165) is 41.9 Å². The molecule has 0 aliphatic carbocycles. The Balaban J connectivity index is 1.85. The number of amides is 1. The second-order valence-electron chi connectivity index (χ2n) is 7.24. The van der Waals surface area contributed by atoms with E-state index in [9.17, 15) is 9.18 Å². The van der Waals surface area contributed by atoms with Gasteiger partial charge in [-0.25, -0.2) is 4.39 Å². The third-order valence-electron chi connectivity index (χ3n) is 4.62. The van der Waals surface area contributed by atoms with Crippen molar-refractivity contribution in [2.75, 3.05) is 6.54 Å². The molecule has 0 heterocycles. The van der Waals surface area contributed by atoms with Crippen molar-refractivity contribution in [2.45, 2.75) is 26.8 Å². The number of benzene rings is 3. The van der Waals surface area contributed by atoms with Gasteiger partial charge in [-0.05, 0) is 54.1 Å². The molecule has 146 valence electrons. The van der Waals surface area contributed by atoms with E-state index in [1.807, 2.05) is 36.4 Å². The number of primary amides is 1. The molecule has 0 aliphatic rings. The van der Waals surface area contributed by atoms with Gasteiger partial charge in [0.15, 0.2) is 11.6 Å². The van der Waals surface area contributed by atoms with Crippen molar-refractivity contribution in [3.63, 3.8) is 0 Å². The number of fused-ring (bicyclic) bond motifs is 1. The van der Waals surface area contributed by atoms with Crippen molar-refractivity contribution >= 4 is 16.7 Å². The van der Waals surface area contributed by atoms with E-state index in [1.54, 1.807) is 0 Å². The first-order valence-corrected chi connectivity index (χ1v) is 9.44. The molecule has 0 aliphatic heterocycles. The van der Waals surface area contributed by atoms with E-state index in [1.165, 1.54) is 12.1 Å². The largest absolute Gasteiger partial charge is 0.454 e. The minimum absolute atomic E-state index is 0.0537. The van der Waals surface area contributed by atoms with Crippen LogP contribution in [0.3, 0.4) is 0 Å². The standard InChI is InChI=1S/C23H25FN2O2/c1-15(2)11-12-26-14-17-8-9-21(19-6-4-3-5-18(17)19)28-22-10-7-16(23(25)27)13-20(22)24/h3-10,13,15,26H,11-12,14H2,1-2H3,(H2,25,27). The third kappa shape index (κ3) is 4.67. The van der Waals surface area contributed by atoms with E-state index in [4.69, 9.17) is 10.5 Å². The molecule has 0 bridgehead atoms. The topological polar surface area (TPSA) is 64.3 Å². The van der Waals surface area contributed by atoms with Gasteiger partial charge in [0, 0.05) is 17.5 Å². The quantitative estimate of drug-likeness (QED) is 0.540. The minimum Gasteiger partial charge on any atom is -0.454 e. The van der Waals surface area contributed by atoms with Crippen LogP contribution in [-0.2, 0) is 6.54 Å². The Morgan fingerprint density at radius 2 is 1.79 bits per heavy atom. The number of ether oxygens (including phenoxy) is 1. The van der Waals surface area contributed by atoms with Crippen LogP contribution in [0.4, 0.5) is 4.39 Å². The average Bonchev–Trinajstić information content (AvgIpc) is 2.67. The van der Waals surface area contributed by atoms with Crippen LogP contribution in [0.15, 0.2) is 54.6 Å². The molecule has 0 aromatic heterocycles. The van der Waals surface area contributed by atoms with Crippen LogP contribution in [0.5, 0.6) is 11.5 Å². The van der Waals surface area contributed by atoms with Gasteiger partial charge in [0.1, 0.15) is 5.75 Å². The van der Waals surface area contributed by atoms with Crippen LogP contribution in [0.25, 0.3) is 10.8 Å². The van der Waals surface area contributed by atoms with Gasteiger partial charge in [-0.2, -0.15) is 0 Å². The van der Waals surface area contributed by atoms with Crippen molar-refractivity contribution in [1.82, 2.24) is 5.32 Å². The number of carbonyl (C=O) groups excluding carboxylic acids is 1. The fourth-order valence-corrected chi connectivity index (χ4v) is 3.05. The number of hydrogen-bond acceptors (Lipinski definition) is 3. The Morgan fingerprint density at radius 1 is 1.07 bits per heavy atom. The molecule has 3 aromatic rings. The van der Waals surface area contributed by atoms with Crippen LogP contribution < -0.4 is 15.8 Å². The summed E-state index contributed by atoms with van der Waals surface area (Å²) in [6.45, 7) is 6.13. The van der Waals surface area contributed by atoms with Gasteiger partial charge >= 0.3 is 0 Å². The summed E-state index contributed by atoms with van der Waals surface area (Å²) in [6, 6.07) is 15.7. The van der Waals surface area contributed by atoms with Crippen molar-refractivity contribution in [3.05, 3.63) is 71.5 Å². The molecule has 0 radical (unpaired) electrons. The zero-order valence-corrected chi connectivity index (χ0v) is 16.2. The zero-order chi connectivity index (χ0) is 20.1. The van der Waals surface area contributed by atoms with Crippen LogP contribution in [0, 0.1) is 11.7 Å². The van der Waals surface area contributed by atoms with Crippen molar-refractivity contribution in [1.29, 1.82) is 0 Å². The molecule has 28 heavy (non-hydrogen) atoms. The summed E-state index contributed by atoms with van der Waals surface area (Å²) in [5, 5.41) is 5.44. The summed E-state index contributed by atoms with van der Waals surface area (Å²) in [7, 11) is 0. The van der Waals surface area contributed by atoms with E-state index in [-0.39, 0.29) is 11.3 Å². The average molecular weight is 380 g/mol. The lowest BCUT2D eigenvalue weighted by molar-refractivity contribution is 0.1000. The zero-order valence-electron chi connectivity index (χ0n) is 16.2. The molecule has 0 saturated heterocycles. The molecular weight excluding hydrogens is 355 g/mol. The van der Waals surface area contributed by atoms with Crippen LogP contribution >= 0.6 is 0 Å². The Bertz CT molecular complexity index is 985. The molecule has 5 heteroatoms. The smallest absolute Gasteiger partial charge is 0.248 e. The van der Waals surface area contributed by atoms with Gasteiger partial charge in [-0.3, -0.25) is 4.79 Å². The maximum atomic E-state index is 14.3. The molecule has 0 fully saturated rings. The molecule has 4 nitrogen and oxygen atoms in total. The summed E-state index contributed by atoms with van der Waals surface area (Å²) < 4.78 is 20.1. The predicted molar refractivity (Wildman–Crippen MR) is 110 cm³/mol. The summed E-state index contributed by atoms with van der Waals surface area (Å²) in [5.74, 6) is -0.0221. The summed E-state index contributed by atoms with van der Waals surface area (Å²) in [6.07, 6.45) is 1.12. The number of nitrogens with two attached hydrogens (primary N) is 1. The van der Waals surface area contributed by atoms with Crippen LogP contribution in [0.1, 0.15) is 36.2 Å². The molecule has 0 saturated carbocycles. The van der Waals surface area contributed by atoms with E-state index in [2.05, 4.69) is 19.2 Å². The van der Waals surface area contributed by atoms with Crippen LogP contribution in [-0.4, -0.2) is 12.5 Å². The third-order valence-corrected chi connectivity index (χ3v) is 4.62. The highest BCUT2D eigenvalue weighted by Crippen LogP contribution is 2.33. The predicted octanol–water partition coefficient (Wildman–Crippen LogP) is 5.01. The second-order valence-corrected chi connectivity index (χ2v) is 7.24. The van der Waals surface area contributed by atoms with Crippen molar-refractivity contribution in [2.24, 2.45) is 11.7 Å². The Labute approximate surface area is 164 Å². The maximum Gasteiger partial charge on any atom is 0.248 e. The first-order chi connectivity index (χ1) is 13.5. The molecule has 1 amide bonds.